The number of carbonyl (C=O) groups excluding carboxylic acids is 1. The Morgan fingerprint density at radius 2 is 1.67 bits per heavy atom. The molecular formula is C21H22N4O5. The molecule has 0 aliphatic rings. The summed E-state index contributed by atoms with van der Waals surface area (Å²) in [7, 11) is 0. The molecule has 0 saturated carbocycles. The van der Waals surface area contributed by atoms with E-state index in [0.29, 0.717) is 0 Å². The molecule has 0 radical (unpaired) electrons. The molecule has 2 rings (SSSR count). The van der Waals surface area contributed by atoms with Gasteiger partial charge in [0.15, 0.2) is 0 Å². The standard InChI is InChI=1S/C21H22N4O5/c1-2-3-5-10-17(11-16-8-6-4-7-9-16)15-22-23-21(26)18-12-19(24(27)28)14-20(13-18)25(29)30/h4,6-9,11-15H,2-3,5,10H2,1H3,(H,23,26)/b17-11-,22-15-. The van der Waals surface area contributed by atoms with E-state index in [9.17, 15) is 25.0 Å². The van der Waals surface area contributed by atoms with E-state index in [2.05, 4.69) is 17.5 Å². The van der Waals surface area contributed by atoms with Crippen molar-refractivity contribution < 1.29 is 14.6 Å². The molecular weight excluding hydrogens is 388 g/mol. The van der Waals surface area contributed by atoms with Crippen LogP contribution in [0.15, 0.2) is 59.2 Å². The SMILES string of the molecule is CCCCCC(/C=N\NC(=O)c1cc([N+](=O)[O-])cc([N+](=O)[O-])c1)=C/c1ccccc1. The Morgan fingerprint density at radius 1 is 1.03 bits per heavy atom. The highest BCUT2D eigenvalue weighted by atomic mass is 16.6. The Kier molecular flexibility index (Phi) is 8.37. The van der Waals surface area contributed by atoms with Crippen molar-refractivity contribution in [2.45, 2.75) is 32.6 Å². The van der Waals surface area contributed by atoms with Crippen LogP contribution in [0, 0.1) is 20.2 Å². The molecule has 9 heteroatoms. The third-order valence-corrected chi connectivity index (χ3v) is 4.20. The van der Waals surface area contributed by atoms with Crippen LogP contribution in [-0.2, 0) is 0 Å². The summed E-state index contributed by atoms with van der Waals surface area (Å²) in [5, 5.41) is 25.9. The maximum atomic E-state index is 12.3. The third-order valence-electron chi connectivity index (χ3n) is 4.20. The summed E-state index contributed by atoms with van der Waals surface area (Å²) in [5.41, 5.74) is 2.89. The number of hydrogen-bond acceptors (Lipinski definition) is 6. The van der Waals surface area contributed by atoms with Crippen molar-refractivity contribution in [2.75, 3.05) is 0 Å². The maximum Gasteiger partial charge on any atom is 0.277 e. The van der Waals surface area contributed by atoms with Gasteiger partial charge in [0.25, 0.3) is 17.3 Å². The van der Waals surface area contributed by atoms with Crippen LogP contribution < -0.4 is 5.43 Å². The number of allylic oxidation sites excluding steroid dienone is 1. The van der Waals surface area contributed by atoms with E-state index in [1.54, 1.807) is 0 Å². The maximum absolute atomic E-state index is 12.3. The molecule has 0 fully saturated rings. The number of nitrogens with zero attached hydrogens (tertiary/aromatic N) is 3. The van der Waals surface area contributed by atoms with Crippen LogP contribution >= 0.6 is 0 Å². The first-order chi connectivity index (χ1) is 14.4. The van der Waals surface area contributed by atoms with E-state index in [1.165, 1.54) is 6.21 Å². The average Bonchev–Trinajstić information content (AvgIpc) is 2.74. The number of non-ortho nitro benzene ring substituents is 2. The highest BCUT2D eigenvalue weighted by Gasteiger charge is 2.19. The van der Waals surface area contributed by atoms with Crippen LogP contribution in [0.3, 0.4) is 0 Å². The van der Waals surface area contributed by atoms with Gasteiger partial charge in [0.1, 0.15) is 0 Å². The van der Waals surface area contributed by atoms with Gasteiger partial charge in [0.2, 0.25) is 0 Å². The first kappa shape index (κ1) is 22.4. The normalized spacial score (nSPS) is 11.4. The number of unbranched alkanes of at least 4 members (excludes halogenated alkanes) is 2. The molecule has 0 spiro atoms. The van der Waals surface area contributed by atoms with Gasteiger partial charge in [-0.05, 0) is 24.0 Å². The van der Waals surface area contributed by atoms with Crippen LogP contribution in [0.1, 0.15) is 48.5 Å². The fourth-order valence-electron chi connectivity index (χ4n) is 2.69. The van der Waals surface area contributed by atoms with E-state index in [-0.39, 0.29) is 5.56 Å². The lowest BCUT2D eigenvalue weighted by Crippen LogP contribution is -2.18. The van der Waals surface area contributed by atoms with Gasteiger partial charge in [-0.3, -0.25) is 25.0 Å². The monoisotopic (exact) mass is 410 g/mol. The Morgan fingerprint density at radius 3 is 2.23 bits per heavy atom. The summed E-state index contributed by atoms with van der Waals surface area (Å²) in [5.74, 6) is -0.773. The quantitative estimate of drug-likeness (QED) is 0.258. The van der Waals surface area contributed by atoms with Gasteiger partial charge in [-0.15, -0.1) is 0 Å². The first-order valence-corrected chi connectivity index (χ1v) is 9.43. The number of benzene rings is 2. The van der Waals surface area contributed by atoms with E-state index >= 15 is 0 Å². The highest BCUT2D eigenvalue weighted by Crippen LogP contribution is 2.22. The molecule has 0 aromatic heterocycles. The molecule has 1 amide bonds. The predicted molar refractivity (Wildman–Crippen MR) is 114 cm³/mol. The minimum absolute atomic E-state index is 0.215. The van der Waals surface area contributed by atoms with Crippen LogP contribution in [-0.4, -0.2) is 22.0 Å². The second-order valence-corrected chi connectivity index (χ2v) is 6.54. The van der Waals surface area contributed by atoms with Gasteiger partial charge in [0, 0.05) is 12.1 Å². The fourth-order valence-corrected chi connectivity index (χ4v) is 2.69. The van der Waals surface area contributed by atoms with Crippen molar-refractivity contribution in [3.63, 3.8) is 0 Å². The fraction of sp³-hybridized carbons (Fsp3) is 0.238. The first-order valence-electron chi connectivity index (χ1n) is 9.43. The number of amides is 1. The zero-order valence-corrected chi connectivity index (χ0v) is 16.5. The van der Waals surface area contributed by atoms with E-state index in [0.717, 1.165) is 55.0 Å². The molecule has 0 aliphatic carbocycles. The lowest BCUT2D eigenvalue weighted by atomic mass is 10.1. The zero-order chi connectivity index (χ0) is 21.9. The highest BCUT2D eigenvalue weighted by molar-refractivity contribution is 5.96. The number of rotatable bonds is 10. The molecule has 30 heavy (non-hydrogen) atoms. The Labute approximate surface area is 173 Å². The molecule has 9 nitrogen and oxygen atoms in total. The van der Waals surface area contributed by atoms with Crippen molar-refractivity contribution in [3.8, 4) is 0 Å². The second-order valence-electron chi connectivity index (χ2n) is 6.54. The molecule has 2 aromatic carbocycles. The summed E-state index contributed by atoms with van der Waals surface area (Å²) in [4.78, 5) is 32.7. The third kappa shape index (κ3) is 6.93. The van der Waals surface area contributed by atoms with Crippen LogP contribution in [0.5, 0.6) is 0 Å². The van der Waals surface area contributed by atoms with E-state index in [1.807, 2.05) is 36.4 Å². The van der Waals surface area contributed by atoms with Crippen molar-refractivity contribution in [3.05, 3.63) is 85.5 Å². The number of hydrazone groups is 1. The largest absolute Gasteiger partial charge is 0.277 e. The Hall–Kier alpha value is -3.88. The van der Waals surface area contributed by atoms with Crippen LogP contribution in [0.2, 0.25) is 0 Å². The van der Waals surface area contributed by atoms with Crippen molar-refractivity contribution in [1.82, 2.24) is 5.43 Å². The lowest BCUT2D eigenvalue weighted by Gasteiger charge is -2.04. The number of nitro benzene ring substituents is 2. The smallest absolute Gasteiger partial charge is 0.267 e. The van der Waals surface area contributed by atoms with Gasteiger partial charge >= 0.3 is 0 Å². The summed E-state index contributed by atoms with van der Waals surface area (Å²) >= 11 is 0. The number of carbonyl (C=O) groups is 1. The van der Waals surface area contributed by atoms with Crippen LogP contribution in [0.4, 0.5) is 11.4 Å². The van der Waals surface area contributed by atoms with Crippen molar-refractivity contribution in [1.29, 1.82) is 0 Å². The van der Waals surface area contributed by atoms with Gasteiger partial charge in [-0.1, -0.05) is 56.2 Å². The van der Waals surface area contributed by atoms with Gasteiger partial charge in [-0.25, -0.2) is 5.43 Å². The van der Waals surface area contributed by atoms with E-state index < -0.39 is 27.1 Å². The van der Waals surface area contributed by atoms with Gasteiger partial charge in [0.05, 0.1) is 27.7 Å². The summed E-state index contributed by atoms with van der Waals surface area (Å²) in [6.07, 6.45) is 7.34. The lowest BCUT2D eigenvalue weighted by molar-refractivity contribution is -0.394. The molecule has 1 N–H and O–H groups in total. The average molecular weight is 410 g/mol. The number of hydrogen-bond donors (Lipinski definition) is 1. The van der Waals surface area contributed by atoms with Gasteiger partial charge in [-0.2, -0.15) is 5.10 Å². The molecule has 0 saturated heterocycles. The second kappa shape index (κ2) is 11.2. The van der Waals surface area contributed by atoms with Gasteiger partial charge < -0.3 is 0 Å². The summed E-state index contributed by atoms with van der Waals surface area (Å²) in [6.45, 7) is 2.10. The minimum atomic E-state index is -0.790. The summed E-state index contributed by atoms with van der Waals surface area (Å²) < 4.78 is 0. The Balaban J connectivity index is 2.17. The molecule has 0 aliphatic heterocycles. The van der Waals surface area contributed by atoms with Crippen molar-refractivity contribution in [2.24, 2.45) is 5.10 Å². The van der Waals surface area contributed by atoms with Crippen molar-refractivity contribution >= 4 is 29.6 Å². The molecule has 2 aromatic rings. The minimum Gasteiger partial charge on any atom is -0.267 e. The predicted octanol–water partition coefficient (Wildman–Crippen LogP) is 4.88. The topological polar surface area (TPSA) is 128 Å². The molecule has 0 bridgehead atoms. The molecule has 156 valence electrons. The van der Waals surface area contributed by atoms with Crippen LogP contribution in [0.25, 0.3) is 6.08 Å². The number of nitrogens with one attached hydrogen (secondary N) is 1. The summed E-state index contributed by atoms with van der Waals surface area (Å²) in [6, 6.07) is 12.4. The molecule has 0 heterocycles. The Bertz CT molecular complexity index is 938. The zero-order valence-electron chi connectivity index (χ0n) is 16.5. The van der Waals surface area contributed by atoms with E-state index in [4.69, 9.17) is 0 Å². The molecule has 0 atom stereocenters. The number of nitro groups is 2. The molecule has 0 unspecified atom stereocenters.